The van der Waals surface area contributed by atoms with E-state index in [0.717, 1.165) is 120 Å². The van der Waals surface area contributed by atoms with Gasteiger partial charge in [-0.2, -0.15) is 0 Å². The average Bonchev–Trinajstić information content (AvgIpc) is 1.17. The van der Waals surface area contributed by atoms with Crippen molar-refractivity contribution in [2.45, 2.75) is 414 Å². The van der Waals surface area contributed by atoms with E-state index >= 15 is 0 Å². The molecule has 0 rings (SSSR count). The van der Waals surface area contributed by atoms with Crippen LogP contribution in [-0.2, 0) is 65.4 Å². The number of ether oxygens (including phenoxy) is 4. The molecule has 17 nitrogen and oxygen atoms in total. The summed E-state index contributed by atoms with van der Waals surface area (Å²) in [5, 5.41) is 10.6. The van der Waals surface area contributed by atoms with Gasteiger partial charge >= 0.3 is 39.5 Å². The molecule has 0 saturated heterocycles. The Hall–Kier alpha value is -1.94. The summed E-state index contributed by atoms with van der Waals surface area (Å²) in [5.41, 5.74) is 0. The number of phosphoric acid groups is 2. The van der Waals surface area contributed by atoms with Crippen molar-refractivity contribution in [1.82, 2.24) is 0 Å². The lowest BCUT2D eigenvalue weighted by Crippen LogP contribution is -2.30. The fourth-order valence-corrected chi connectivity index (χ4v) is 13.4. The van der Waals surface area contributed by atoms with Gasteiger partial charge in [0.25, 0.3) is 0 Å². The molecule has 0 aromatic carbocycles. The predicted molar refractivity (Wildman–Crippen MR) is 395 cm³/mol. The van der Waals surface area contributed by atoms with E-state index in [1.807, 2.05) is 0 Å². The van der Waals surface area contributed by atoms with Crippen LogP contribution in [0.2, 0.25) is 0 Å². The molecule has 0 radical (unpaired) electrons. The topological polar surface area (TPSA) is 237 Å². The third kappa shape index (κ3) is 68.3. The van der Waals surface area contributed by atoms with Gasteiger partial charge in [0.1, 0.15) is 19.3 Å². The summed E-state index contributed by atoms with van der Waals surface area (Å²) in [7, 11) is -9.91. The van der Waals surface area contributed by atoms with E-state index in [0.29, 0.717) is 25.7 Å². The smallest absolute Gasteiger partial charge is 0.462 e. The number of phosphoric ester groups is 2. The highest BCUT2D eigenvalue weighted by Crippen LogP contribution is 2.45. The van der Waals surface area contributed by atoms with E-state index in [1.54, 1.807) is 0 Å². The zero-order valence-corrected chi connectivity index (χ0v) is 65.5. The summed E-state index contributed by atoms with van der Waals surface area (Å²) in [6.45, 7) is 14.2. The third-order valence-corrected chi connectivity index (χ3v) is 21.1. The SMILES string of the molecule is CCC(C)CCCCCCCCCCCCCCCCCCCCC(=O)O[C@H](COC(=O)CCCCCCCCC(C)CC)COP(=O)(O)OC[C@H](O)COP(=O)(O)OC[C@@H](COC(=O)CCCCCCCCCCCCCCC(C)C)OC(=O)CCCCCCCCC(C)CC. The Morgan fingerprint density at radius 1 is 0.289 bits per heavy atom. The second-order valence-electron chi connectivity index (χ2n) is 29.3. The van der Waals surface area contributed by atoms with Gasteiger partial charge < -0.3 is 33.8 Å². The number of aliphatic hydroxyl groups excluding tert-OH is 1. The quantitative estimate of drug-likeness (QED) is 0.0222. The summed E-state index contributed by atoms with van der Waals surface area (Å²) in [5.74, 6) is 0.980. The fraction of sp³-hybridized carbons (Fsp3) is 0.949. The van der Waals surface area contributed by atoms with Crippen LogP contribution in [0.25, 0.3) is 0 Å². The number of rotatable bonds is 75. The molecule has 0 bridgehead atoms. The molecular weight excluding hydrogens is 1270 g/mol. The van der Waals surface area contributed by atoms with Crippen molar-refractivity contribution >= 4 is 39.5 Å². The molecule has 0 aromatic rings. The zero-order valence-electron chi connectivity index (χ0n) is 63.7. The van der Waals surface area contributed by atoms with E-state index in [-0.39, 0.29) is 25.7 Å². The van der Waals surface area contributed by atoms with Crippen LogP contribution in [-0.4, -0.2) is 96.7 Å². The molecule has 97 heavy (non-hydrogen) atoms. The Labute approximate surface area is 594 Å². The van der Waals surface area contributed by atoms with Gasteiger partial charge in [-0.25, -0.2) is 9.13 Å². The van der Waals surface area contributed by atoms with Crippen molar-refractivity contribution in [3.63, 3.8) is 0 Å². The first kappa shape index (κ1) is 95.1. The van der Waals surface area contributed by atoms with Gasteiger partial charge in [0, 0.05) is 25.7 Å². The van der Waals surface area contributed by atoms with E-state index in [1.165, 1.54) is 193 Å². The number of carbonyl (C=O) groups excluding carboxylic acids is 4. The van der Waals surface area contributed by atoms with Crippen molar-refractivity contribution in [3.05, 3.63) is 0 Å². The largest absolute Gasteiger partial charge is 0.472 e. The second-order valence-corrected chi connectivity index (χ2v) is 32.2. The highest BCUT2D eigenvalue weighted by molar-refractivity contribution is 7.47. The van der Waals surface area contributed by atoms with Gasteiger partial charge in [0.05, 0.1) is 26.4 Å². The van der Waals surface area contributed by atoms with Crippen LogP contribution in [0.4, 0.5) is 0 Å². The monoisotopic (exact) mass is 1420 g/mol. The molecule has 3 N–H and O–H groups in total. The molecule has 0 fully saturated rings. The maximum absolute atomic E-state index is 13.1. The van der Waals surface area contributed by atoms with Crippen LogP contribution >= 0.6 is 15.6 Å². The number of hydrogen-bond acceptors (Lipinski definition) is 15. The Kier molecular flexibility index (Phi) is 65.9. The molecule has 0 aliphatic rings. The van der Waals surface area contributed by atoms with Crippen LogP contribution in [0.3, 0.4) is 0 Å². The number of unbranched alkanes of at least 4 members (excludes halogenated alkanes) is 38. The third-order valence-electron chi connectivity index (χ3n) is 19.2. The fourth-order valence-electron chi connectivity index (χ4n) is 11.8. The first-order valence-electron chi connectivity index (χ1n) is 40.3. The normalized spacial score (nSPS) is 14.9. The maximum atomic E-state index is 13.1. The highest BCUT2D eigenvalue weighted by atomic mass is 31.2. The van der Waals surface area contributed by atoms with Gasteiger partial charge in [-0.3, -0.25) is 37.3 Å². The lowest BCUT2D eigenvalue weighted by Gasteiger charge is -2.21. The Bertz CT molecular complexity index is 1910. The lowest BCUT2D eigenvalue weighted by molar-refractivity contribution is -0.161. The van der Waals surface area contributed by atoms with Crippen molar-refractivity contribution in [3.8, 4) is 0 Å². The lowest BCUT2D eigenvalue weighted by atomic mass is 9.99. The Morgan fingerprint density at radius 3 is 0.732 bits per heavy atom. The zero-order chi connectivity index (χ0) is 71.7. The minimum atomic E-state index is -4.96. The average molecular weight is 1420 g/mol. The molecule has 5 unspecified atom stereocenters. The van der Waals surface area contributed by atoms with E-state index in [2.05, 4.69) is 55.4 Å². The summed E-state index contributed by atoms with van der Waals surface area (Å²) in [6, 6.07) is 0. The van der Waals surface area contributed by atoms with Gasteiger partial charge in [-0.15, -0.1) is 0 Å². The minimum Gasteiger partial charge on any atom is -0.462 e. The molecule has 0 heterocycles. The molecule has 576 valence electrons. The van der Waals surface area contributed by atoms with E-state index in [4.69, 9.17) is 37.0 Å². The van der Waals surface area contributed by atoms with Crippen LogP contribution in [0.1, 0.15) is 396 Å². The molecule has 0 saturated carbocycles. The van der Waals surface area contributed by atoms with Gasteiger partial charge in [0.2, 0.25) is 0 Å². The Morgan fingerprint density at radius 2 is 0.495 bits per heavy atom. The van der Waals surface area contributed by atoms with Crippen LogP contribution in [0.15, 0.2) is 0 Å². The molecule has 19 heteroatoms. The van der Waals surface area contributed by atoms with Crippen molar-refractivity contribution in [1.29, 1.82) is 0 Å². The Balaban J connectivity index is 5.16. The van der Waals surface area contributed by atoms with Gasteiger partial charge in [-0.1, -0.05) is 344 Å². The second kappa shape index (κ2) is 67.2. The summed E-state index contributed by atoms with van der Waals surface area (Å²) in [4.78, 5) is 72.8. The summed E-state index contributed by atoms with van der Waals surface area (Å²) < 4.78 is 68.5. The predicted octanol–water partition coefficient (Wildman–Crippen LogP) is 22.8. The van der Waals surface area contributed by atoms with E-state index in [9.17, 15) is 43.2 Å². The molecule has 0 aliphatic heterocycles. The molecular formula is C78H152O17P2. The number of aliphatic hydroxyl groups is 1. The molecule has 0 spiro atoms. The molecule has 0 aromatic heterocycles. The number of hydrogen-bond donors (Lipinski definition) is 3. The van der Waals surface area contributed by atoms with E-state index < -0.39 is 97.5 Å². The van der Waals surface area contributed by atoms with Gasteiger partial charge in [0.15, 0.2) is 12.2 Å². The molecule has 0 amide bonds. The summed E-state index contributed by atoms with van der Waals surface area (Å²) in [6.07, 6.45) is 52.9. The molecule has 0 aliphatic carbocycles. The van der Waals surface area contributed by atoms with Crippen LogP contribution in [0.5, 0.6) is 0 Å². The van der Waals surface area contributed by atoms with Crippen LogP contribution in [0, 0.1) is 23.7 Å². The van der Waals surface area contributed by atoms with Crippen LogP contribution < -0.4 is 0 Å². The number of esters is 4. The summed E-state index contributed by atoms with van der Waals surface area (Å²) >= 11 is 0. The van der Waals surface area contributed by atoms with Crippen molar-refractivity contribution < 1.29 is 80.2 Å². The maximum Gasteiger partial charge on any atom is 0.472 e. The first-order valence-corrected chi connectivity index (χ1v) is 43.3. The van der Waals surface area contributed by atoms with Crippen molar-refractivity contribution in [2.75, 3.05) is 39.6 Å². The highest BCUT2D eigenvalue weighted by Gasteiger charge is 2.30. The first-order chi connectivity index (χ1) is 46.7. The standard InChI is InChI=1S/C78H152O17P2/c1-9-69(6)55-47-39-31-27-23-18-16-14-12-13-15-17-19-25-29-33-44-52-60-77(82)94-73(65-89-76(81)59-51-43-36-34-40-48-56-70(7)10-2)66-92-96(84,85)90-62-72(79)63-91-97(86,87)93-67-74(95-78(83)61-53-45-37-35-41-49-57-71(8)11-3)64-88-75(80)58-50-42-32-28-24-21-20-22-26-30-38-46-54-68(4)5/h68-74,79H,9-67H2,1-8H3,(H,84,85)(H,86,87)/t69?,70?,71?,72-,73+,74+/m0/s1. The molecule has 8 atom stereocenters. The number of carbonyl (C=O) groups is 4. The van der Waals surface area contributed by atoms with Gasteiger partial charge in [-0.05, 0) is 49.4 Å². The minimum absolute atomic E-state index is 0.103. The van der Waals surface area contributed by atoms with Crippen molar-refractivity contribution in [2.24, 2.45) is 23.7 Å².